The van der Waals surface area contributed by atoms with Crippen molar-refractivity contribution in [3.63, 3.8) is 0 Å². The fourth-order valence-corrected chi connectivity index (χ4v) is 2.03. The molecular weight excluding hydrogens is 224 g/mol. The van der Waals surface area contributed by atoms with Crippen molar-refractivity contribution in [2.75, 3.05) is 6.54 Å². The number of aromatic nitrogens is 3. The lowest BCUT2D eigenvalue weighted by Gasteiger charge is -1.94. The fourth-order valence-electron chi connectivity index (χ4n) is 1.24. The van der Waals surface area contributed by atoms with E-state index in [1.165, 1.54) is 17.4 Å². The van der Waals surface area contributed by atoms with E-state index in [1.807, 2.05) is 13.0 Å². The van der Waals surface area contributed by atoms with Gasteiger partial charge in [-0.1, -0.05) is 24.3 Å². The summed E-state index contributed by atoms with van der Waals surface area (Å²) in [5.41, 5.74) is 0.591. The van der Waals surface area contributed by atoms with E-state index in [0.717, 1.165) is 16.6 Å². The molecule has 0 fully saturated rings. The molecule has 2 heterocycles. The molecule has 0 aromatic carbocycles. The Balaban J connectivity index is 2.21. The third kappa shape index (κ3) is 2.53. The van der Waals surface area contributed by atoms with Gasteiger partial charge in [0.2, 0.25) is 5.56 Å². The van der Waals surface area contributed by atoms with E-state index in [9.17, 15) is 4.79 Å². The second-order valence-corrected chi connectivity index (χ2v) is 4.27. The number of hydrogen-bond acceptors (Lipinski definition) is 5. The molecule has 16 heavy (non-hydrogen) atoms. The Bertz CT molecular complexity index is 519. The fraction of sp³-hybridized carbons (Fsp3) is 0.300. The molecule has 84 valence electrons. The van der Waals surface area contributed by atoms with Gasteiger partial charge in [-0.05, 0) is 12.6 Å². The summed E-state index contributed by atoms with van der Waals surface area (Å²) in [6.45, 7) is 3.65. The van der Waals surface area contributed by atoms with Crippen molar-refractivity contribution >= 4 is 11.3 Å². The van der Waals surface area contributed by atoms with E-state index in [2.05, 4.69) is 20.5 Å². The first-order valence-electron chi connectivity index (χ1n) is 5.02. The van der Waals surface area contributed by atoms with E-state index in [0.29, 0.717) is 12.2 Å². The SMILES string of the molecule is CCNCc1nnc(-c2cccc(=O)[nH]2)s1. The Hall–Kier alpha value is -1.53. The number of nitrogens with one attached hydrogen (secondary N) is 2. The molecule has 2 aromatic heterocycles. The van der Waals surface area contributed by atoms with Crippen LogP contribution in [-0.4, -0.2) is 21.7 Å². The van der Waals surface area contributed by atoms with Crippen LogP contribution in [0.3, 0.4) is 0 Å². The van der Waals surface area contributed by atoms with Gasteiger partial charge in [-0.3, -0.25) is 4.79 Å². The van der Waals surface area contributed by atoms with Gasteiger partial charge in [0.05, 0.1) is 5.69 Å². The van der Waals surface area contributed by atoms with Gasteiger partial charge in [0, 0.05) is 12.6 Å². The zero-order chi connectivity index (χ0) is 11.4. The maximum absolute atomic E-state index is 11.1. The van der Waals surface area contributed by atoms with Crippen LogP contribution < -0.4 is 10.9 Å². The minimum Gasteiger partial charge on any atom is -0.320 e. The van der Waals surface area contributed by atoms with Crippen LogP contribution in [0, 0.1) is 0 Å². The minimum atomic E-state index is -0.124. The second kappa shape index (κ2) is 5.00. The molecule has 0 amide bonds. The number of pyridine rings is 1. The Morgan fingerprint density at radius 3 is 3.06 bits per heavy atom. The van der Waals surface area contributed by atoms with Crippen LogP contribution in [0.5, 0.6) is 0 Å². The Labute approximate surface area is 96.6 Å². The smallest absolute Gasteiger partial charge is 0.248 e. The van der Waals surface area contributed by atoms with Gasteiger partial charge in [-0.25, -0.2) is 0 Å². The van der Waals surface area contributed by atoms with Crippen LogP contribution >= 0.6 is 11.3 Å². The van der Waals surface area contributed by atoms with E-state index >= 15 is 0 Å². The van der Waals surface area contributed by atoms with Gasteiger partial charge in [0.15, 0.2) is 5.01 Å². The molecule has 0 aliphatic heterocycles. The third-order valence-corrected chi connectivity index (χ3v) is 2.95. The summed E-state index contributed by atoms with van der Waals surface area (Å²) >= 11 is 1.48. The lowest BCUT2D eigenvalue weighted by molar-refractivity contribution is 0.715. The van der Waals surface area contributed by atoms with Crippen molar-refractivity contribution in [1.82, 2.24) is 20.5 Å². The summed E-state index contributed by atoms with van der Waals surface area (Å²) in [4.78, 5) is 13.9. The summed E-state index contributed by atoms with van der Waals surface area (Å²) in [5, 5.41) is 12.9. The quantitative estimate of drug-likeness (QED) is 0.831. The summed E-state index contributed by atoms with van der Waals surface area (Å²) in [6, 6.07) is 5.00. The zero-order valence-corrected chi connectivity index (χ0v) is 9.67. The van der Waals surface area contributed by atoms with E-state index in [4.69, 9.17) is 0 Å². The van der Waals surface area contributed by atoms with Crippen molar-refractivity contribution in [1.29, 1.82) is 0 Å². The minimum absolute atomic E-state index is 0.124. The number of hydrogen-bond donors (Lipinski definition) is 2. The first-order valence-corrected chi connectivity index (χ1v) is 5.84. The van der Waals surface area contributed by atoms with E-state index < -0.39 is 0 Å². The summed E-state index contributed by atoms with van der Waals surface area (Å²) in [6.07, 6.45) is 0. The number of aromatic amines is 1. The molecule has 0 radical (unpaired) electrons. The molecule has 5 nitrogen and oxygen atoms in total. The highest BCUT2D eigenvalue weighted by molar-refractivity contribution is 7.14. The monoisotopic (exact) mass is 236 g/mol. The van der Waals surface area contributed by atoms with Gasteiger partial charge in [-0.2, -0.15) is 0 Å². The maximum atomic E-state index is 11.1. The first kappa shape index (κ1) is 11.0. The van der Waals surface area contributed by atoms with Crippen LogP contribution in [0.15, 0.2) is 23.0 Å². The van der Waals surface area contributed by atoms with Crippen LogP contribution in [0.4, 0.5) is 0 Å². The highest BCUT2D eigenvalue weighted by Crippen LogP contribution is 2.19. The average Bonchev–Trinajstić information content (AvgIpc) is 2.75. The molecule has 2 rings (SSSR count). The highest BCUT2D eigenvalue weighted by Gasteiger charge is 2.06. The molecule has 6 heteroatoms. The molecule has 2 N–H and O–H groups in total. The molecule has 0 bridgehead atoms. The summed E-state index contributed by atoms with van der Waals surface area (Å²) in [7, 11) is 0. The molecule has 0 saturated carbocycles. The van der Waals surface area contributed by atoms with Crippen LogP contribution in [0.2, 0.25) is 0 Å². The lowest BCUT2D eigenvalue weighted by atomic mass is 10.4. The Morgan fingerprint density at radius 1 is 1.44 bits per heavy atom. The molecule has 2 aromatic rings. The van der Waals surface area contributed by atoms with Crippen LogP contribution in [0.1, 0.15) is 11.9 Å². The van der Waals surface area contributed by atoms with Crippen molar-refractivity contribution < 1.29 is 0 Å². The lowest BCUT2D eigenvalue weighted by Crippen LogP contribution is -2.11. The standard InChI is InChI=1S/C10H12N4OS/c1-2-11-6-9-13-14-10(16-9)7-4-3-5-8(15)12-7/h3-5,11H,2,6H2,1H3,(H,12,15). The largest absolute Gasteiger partial charge is 0.320 e. The number of H-pyrrole nitrogens is 1. The molecular formula is C10H12N4OS. The predicted octanol–water partition coefficient (Wildman–Crippen LogP) is 1.00. The first-order chi connectivity index (χ1) is 7.79. The van der Waals surface area contributed by atoms with Gasteiger partial charge in [0.25, 0.3) is 0 Å². The Morgan fingerprint density at radius 2 is 2.31 bits per heavy atom. The van der Waals surface area contributed by atoms with Crippen molar-refractivity contribution in [2.45, 2.75) is 13.5 Å². The topological polar surface area (TPSA) is 70.7 Å². The summed E-state index contributed by atoms with van der Waals surface area (Å²) < 4.78 is 0. The molecule has 0 unspecified atom stereocenters. The molecule has 0 spiro atoms. The molecule has 0 aliphatic rings. The van der Waals surface area contributed by atoms with Crippen molar-refractivity contribution in [3.8, 4) is 10.7 Å². The molecule has 0 saturated heterocycles. The van der Waals surface area contributed by atoms with Crippen molar-refractivity contribution in [3.05, 3.63) is 33.6 Å². The molecule has 0 atom stereocenters. The number of rotatable bonds is 4. The highest BCUT2D eigenvalue weighted by atomic mass is 32.1. The maximum Gasteiger partial charge on any atom is 0.248 e. The normalized spacial score (nSPS) is 10.6. The molecule has 0 aliphatic carbocycles. The number of nitrogens with zero attached hydrogens (tertiary/aromatic N) is 2. The van der Waals surface area contributed by atoms with Crippen LogP contribution in [0.25, 0.3) is 10.7 Å². The van der Waals surface area contributed by atoms with Crippen LogP contribution in [-0.2, 0) is 6.54 Å². The van der Waals surface area contributed by atoms with Gasteiger partial charge in [-0.15, -0.1) is 10.2 Å². The van der Waals surface area contributed by atoms with E-state index in [1.54, 1.807) is 6.07 Å². The predicted molar refractivity (Wildman–Crippen MR) is 63.3 cm³/mol. The average molecular weight is 236 g/mol. The summed E-state index contributed by atoms with van der Waals surface area (Å²) in [5.74, 6) is 0. The van der Waals surface area contributed by atoms with Crippen molar-refractivity contribution in [2.24, 2.45) is 0 Å². The van der Waals surface area contributed by atoms with E-state index in [-0.39, 0.29) is 5.56 Å². The Kier molecular flexibility index (Phi) is 3.43. The van der Waals surface area contributed by atoms with Gasteiger partial charge in [0.1, 0.15) is 5.01 Å². The second-order valence-electron chi connectivity index (χ2n) is 3.21. The van der Waals surface area contributed by atoms with Gasteiger partial charge >= 0.3 is 0 Å². The zero-order valence-electron chi connectivity index (χ0n) is 8.86. The van der Waals surface area contributed by atoms with Gasteiger partial charge < -0.3 is 10.3 Å². The third-order valence-electron chi connectivity index (χ3n) is 1.99.